The molecule has 0 saturated carbocycles. The molecule has 0 fully saturated rings. The molecule has 0 aliphatic carbocycles. The van der Waals surface area contributed by atoms with Crippen LogP contribution in [0.5, 0.6) is 0 Å². The van der Waals surface area contributed by atoms with E-state index in [1.165, 1.54) is 0 Å². The van der Waals surface area contributed by atoms with Gasteiger partial charge in [-0.05, 0) is 6.42 Å². The zero-order chi connectivity index (χ0) is 7.11. The number of hydrogen-bond acceptors (Lipinski definition) is 2. The minimum absolute atomic E-state index is 0.205. The Hall–Kier alpha value is -0.190. The summed E-state index contributed by atoms with van der Waals surface area (Å²) in [5.74, 6) is 0. The minimum atomic E-state index is -2.12. The third-order valence-electron chi connectivity index (χ3n) is 0.667. The summed E-state index contributed by atoms with van der Waals surface area (Å²) >= 11 is -2.12. The molecule has 0 heterocycles. The van der Waals surface area contributed by atoms with Crippen molar-refractivity contribution in [1.29, 1.82) is 0 Å². The summed E-state index contributed by atoms with van der Waals surface area (Å²) < 4.78 is 22.2. The fraction of sp³-hybridized carbons (Fsp3) is 0.600. The number of rotatable bonds is 4. The van der Waals surface area contributed by atoms with E-state index in [-0.39, 0.29) is 6.61 Å². The first kappa shape index (κ1) is 8.81. The van der Waals surface area contributed by atoms with Crippen molar-refractivity contribution < 1.29 is 12.9 Å². The van der Waals surface area contributed by atoms with Crippen molar-refractivity contribution in [3.63, 3.8) is 0 Å². The maximum absolute atomic E-state index is 9.82. The smallest absolute Gasteiger partial charge is 0.284 e. The molecule has 0 bridgehead atoms. The maximum Gasteiger partial charge on any atom is 0.302 e. The second-order valence-corrected chi connectivity index (χ2v) is 2.05. The highest BCUT2D eigenvalue weighted by atomic mass is 32.2. The second-order valence-electron chi connectivity index (χ2n) is 1.38. The van der Waals surface area contributed by atoms with Gasteiger partial charge in [0, 0.05) is 0 Å². The van der Waals surface area contributed by atoms with Crippen LogP contribution in [0.3, 0.4) is 0 Å². The van der Waals surface area contributed by atoms with Crippen LogP contribution in [-0.4, -0.2) is 15.4 Å². The van der Waals surface area contributed by atoms with E-state index in [1.807, 2.05) is 13.0 Å². The Bertz CT molecular complexity index is 111. The average Bonchev–Trinajstić information content (AvgIpc) is 1.80. The molecule has 0 spiro atoms. The highest BCUT2D eigenvalue weighted by molar-refractivity contribution is 7.74. The van der Waals surface area contributed by atoms with Gasteiger partial charge >= 0.3 is 11.4 Å². The van der Waals surface area contributed by atoms with Crippen LogP contribution in [0.15, 0.2) is 12.2 Å². The van der Waals surface area contributed by atoms with Crippen LogP contribution >= 0.6 is 0 Å². The van der Waals surface area contributed by atoms with E-state index in [0.29, 0.717) is 0 Å². The normalized spacial score (nSPS) is 14.4. The number of hydrogen-bond donors (Lipinski definition) is 1. The monoisotopic (exact) mass is 150 g/mol. The van der Waals surface area contributed by atoms with E-state index in [9.17, 15) is 4.21 Å². The first-order valence-corrected chi connectivity index (χ1v) is 3.69. The van der Waals surface area contributed by atoms with Gasteiger partial charge in [0.15, 0.2) is 0 Å². The van der Waals surface area contributed by atoms with Gasteiger partial charge in [0.25, 0.3) is 0 Å². The van der Waals surface area contributed by atoms with Gasteiger partial charge in [0.05, 0.1) is 6.61 Å². The lowest BCUT2D eigenvalue weighted by Crippen LogP contribution is -1.93. The first-order valence-electron chi connectivity index (χ1n) is 2.66. The van der Waals surface area contributed by atoms with E-state index in [4.69, 9.17) is 4.55 Å². The van der Waals surface area contributed by atoms with E-state index in [1.54, 1.807) is 6.08 Å². The molecule has 3 nitrogen and oxygen atoms in total. The van der Waals surface area contributed by atoms with Gasteiger partial charge in [-0.15, -0.1) is 0 Å². The summed E-state index contributed by atoms with van der Waals surface area (Å²) in [5.41, 5.74) is 0. The number of allylic oxidation sites excluding steroid dienone is 1. The highest BCUT2D eigenvalue weighted by Gasteiger charge is 1.85. The Morgan fingerprint density at radius 2 is 2.33 bits per heavy atom. The van der Waals surface area contributed by atoms with Crippen LogP contribution in [0.4, 0.5) is 0 Å². The van der Waals surface area contributed by atoms with Crippen molar-refractivity contribution in [3.05, 3.63) is 12.2 Å². The molecule has 1 atom stereocenters. The molecular weight excluding hydrogens is 140 g/mol. The lowest BCUT2D eigenvalue weighted by molar-refractivity contribution is 0.342. The Morgan fingerprint density at radius 3 is 2.78 bits per heavy atom. The Morgan fingerprint density at radius 1 is 1.67 bits per heavy atom. The topological polar surface area (TPSA) is 46.5 Å². The molecule has 0 aromatic carbocycles. The van der Waals surface area contributed by atoms with E-state index < -0.39 is 11.4 Å². The predicted molar refractivity (Wildman–Crippen MR) is 36.2 cm³/mol. The molecular formula is C5H10O3S. The van der Waals surface area contributed by atoms with Gasteiger partial charge in [-0.1, -0.05) is 19.1 Å². The van der Waals surface area contributed by atoms with Crippen LogP contribution in [0, 0.1) is 0 Å². The molecule has 0 amide bonds. The third kappa shape index (κ3) is 7.81. The molecule has 0 aromatic rings. The molecule has 0 aliphatic heterocycles. The van der Waals surface area contributed by atoms with E-state index >= 15 is 0 Å². The molecule has 0 aliphatic rings. The summed E-state index contributed by atoms with van der Waals surface area (Å²) in [5, 5.41) is 0. The van der Waals surface area contributed by atoms with Gasteiger partial charge < -0.3 is 0 Å². The second kappa shape index (κ2) is 5.94. The molecule has 0 aromatic heterocycles. The van der Waals surface area contributed by atoms with Gasteiger partial charge in [-0.3, -0.25) is 8.74 Å². The fourth-order valence-electron chi connectivity index (χ4n) is 0.332. The summed E-state index contributed by atoms with van der Waals surface area (Å²) in [6.45, 7) is 2.18. The SMILES string of the molecule is CCC=CCOS(=O)O. The van der Waals surface area contributed by atoms with Crippen molar-refractivity contribution in [1.82, 2.24) is 0 Å². The molecule has 9 heavy (non-hydrogen) atoms. The predicted octanol–water partition coefficient (Wildman–Crippen LogP) is 1.11. The summed E-state index contributed by atoms with van der Waals surface area (Å²) in [6.07, 6.45) is 4.49. The van der Waals surface area contributed by atoms with Gasteiger partial charge in [-0.25, -0.2) is 0 Å². The molecule has 4 heteroatoms. The van der Waals surface area contributed by atoms with Crippen LogP contribution < -0.4 is 0 Å². The molecule has 0 radical (unpaired) electrons. The molecule has 0 rings (SSSR count). The molecule has 0 saturated heterocycles. The quantitative estimate of drug-likeness (QED) is 0.482. The van der Waals surface area contributed by atoms with Crippen molar-refractivity contribution in [2.45, 2.75) is 13.3 Å². The molecule has 1 unspecified atom stereocenters. The Labute approximate surface area is 57.2 Å². The highest BCUT2D eigenvalue weighted by Crippen LogP contribution is 1.82. The Kier molecular flexibility index (Phi) is 5.81. The summed E-state index contributed by atoms with van der Waals surface area (Å²) in [6, 6.07) is 0. The Balaban J connectivity index is 3.09. The van der Waals surface area contributed by atoms with Crippen molar-refractivity contribution in [2.24, 2.45) is 0 Å². The summed E-state index contributed by atoms with van der Waals surface area (Å²) in [4.78, 5) is 0. The third-order valence-corrected chi connectivity index (χ3v) is 1.01. The van der Waals surface area contributed by atoms with Crippen LogP contribution in [-0.2, 0) is 15.5 Å². The van der Waals surface area contributed by atoms with Crippen molar-refractivity contribution in [2.75, 3.05) is 6.61 Å². The zero-order valence-corrected chi connectivity index (χ0v) is 6.06. The van der Waals surface area contributed by atoms with Crippen molar-refractivity contribution >= 4 is 11.4 Å². The fourth-order valence-corrected chi connectivity index (χ4v) is 0.527. The standard InChI is InChI=1S/C5H10O3S/c1-2-3-4-5-8-9(6)7/h3-4H,2,5H2,1H3,(H,6,7). The van der Waals surface area contributed by atoms with Crippen LogP contribution in [0.25, 0.3) is 0 Å². The molecule has 1 N–H and O–H groups in total. The van der Waals surface area contributed by atoms with Crippen LogP contribution in [0.2, 0.25) is 0 Å². The largest absolute Gasteiger partial charge is 0.302 e. The minimum Gasteiger partial charge on any atom is -0.284 e. The van der Waals surface area contributed by atoms with Gasteiger partial charge in [-0.2, -0.15) is 4.21 Å². The maximum atomic E-state index is 9.82. The zero-order valence-electron chi connectivity index (χ0n) is 5.24. The first-order chi connectivity index (χ1) is 4.27. The van der Waals surface area contributed by atoms with Gasteiger partial charge in [0.1, 0.15) is 0 Å². The molecule has 54 valence electrons. The lowest BCUT2D eigenvalue weighted by atomic mass is 10.4. The van der Waals surface area contributed by atoms with Crippen LogP contribution in [0.1, 0.15) is 13.3 Å². The van der Waals surface area contributed by atoms with Gasteiger partial charge in [0.2, 0.25) is 0 Å². The average molecular weight is 150 g/mol. The summed E-state index contributed by atoms with van der Waals surface area (Å²) in [7, 11) is 0. The van der Waals surface area contributed by atoms with Crippen molar-refractivity contribution in [3.8, 4) is 0 Å². The van der Waals surface area contributed by atoms with E-state index in [0.717, 1.165) is 6.42 Å². The lowest BCUT2D eigenvalue weighted by Gasteiger charge is -1.88. The van der Waals surface area contributed by atoms with E-state index in [2.05, 4.69) is 4.18 Å².